The van der Waals surface area contributed by atoms with Crippen LogP contribution in [-0.4, -0.2) is 10.7 Å². The lowest BCUT2D eigenvalue weighted by Gasteiger charge is -2.02. The van der Waals surface area contributed by atoms with Crippen LogP contribution in [0.25, 0.3) is 0 Å². The van der Waals surface area contributed by atoms with Gasteiger partial charge in [0.05, 0.1) is 6.54 Å². The maximum absolute atomic E-state index is 5.94. The van der Waals surface area contributed by atoms with Crippen LogP contribution in [0.2, 0.25) is 5.02 Å². The molecule has 2 aromatic rings. The van der Waals surface area contributed by atoms with Gasteiger partial charge in [-0.05, 0) is 36.2 Å². The van der Waals surface area contributed by atoms with E-state index in [1.165, 1.54) is 0 Å². The second-order valence-electron chi connectivity index (χ2n) is 3.77. The SMILES string of the molecule is C/C(=N/Cc1cccnc1)c1cccc(Cl)c1. The first-order chi connectivity index (χ1) is 8.25. The largest absolute Gasteiger partial charge is 0.285 e. The van der Waals surface area contributed by atoms with Crippen molar-refractivity contribution in [2.45, 2.75) is 13.5 Å². The number of aliphatic imine (C=N–C) groups is 1. The highest BCUT2D eigenvalue weighted by molar-refractivity contribution is 6.31. The van der Waals surface area contributed by atoms with E-state index in [-0.39, 0.29) is 0 Å². The molecule has 0 fully saturated rings. The van der Waals surface area contributed by atoms with Crippen LogP contribution in [0.15, 0.2) is 53.8 Å². The van der Waals surface area contributed by atoms with Crippen molar-refractivity contribution in [3.63, 3.8) is 0 Å². The van der Waals surface area contributed by atoms with Gasteiger partial charge in [0.2, 0.25) is 0 Å². The zero-order valence-corrected chi connectivity index (χ0v) is 10.4. The van der Waals surface area contributed by atoms with Gasteiger partial charge in [-0.3, -0.25) is 9.98 Å². The summed E-state index contributed by atoms with van der Waals surface area (Å²) in [6.07, 6.45) is 3.59. The van der Waals surface area contributed by atoms with Crippen molar-refractivity contribution in [3.05, 3.63) is 64.9 Å². The molecule has 1 heterocycles. The Balaban J connectivity index is 2.12. The predicted molar refractivity (Wildman–Crippen MR) is 71.6 cm³/mol. The predicted octanol–water partition coefficient (Wildman–Crippen LogP) is 3.74. The molecule has 2 rings (SSSR count). The van der Waals surface area contributed by atoms with Crippen molar-refractivity contribution in [2.75, 3.05) is 0 Å². The van der Waals surface area contributed by atoms with Gasteiger partial charge in [-0.1, -0.05) is 29.8 Å². The Hall–Kier alpha value is -1.67. The molecule has 0 aliphatic carbocycles. The van der Waals surface area contributed by atoms with E-state index in [9.17, 15) is 0 Å². The van der Waals surface area contributed by atoms with Crippen LogP contribution in [0.4, 0.5) is 0 Å². The molecule has 0 aliphatic rings. The van der Waals surface area contributed by atoms with E-state index in [0.717, 1.165) is 21.9 Å². The third-order valence-electron chi connectivity index (χ3n) is 2.46. The van der Waals surface area contributed by atoms with E-state index in [1.54, 1.807) is 6.20 Å². The Morgan fingerprint density at radius 1 is 1.29 bits per heavy atom. The topological polar surface area (TPSA) is 25.2 Å². The van der Waals surface area contributed by atoms with Crippen LogP contribution < -0.4 is 0 Å². The number of aromatic nitrogens is 1. The Labute approximate surface area is 106 Å². The van der Waals surface area contributed by atoms with E-state index in [4.69, 9.17) is 11.6 Å². The van der Waals surface area contributed by atoms with Gasteiger partial charge in [0.1, 0.15) is 0 Å². The summed E-state index contributed by atoms with van der Waals surface area (Å²) >= 11 is 5.94. The van der Waals surface area contributed by atoms with Crippen molar-refractivity contribution in [2.24, 2.45) is 4.99 Å². The fraction of sp³-hybridized carbons (Fsp3) is 0.143. The van der Waals surface area contributed by atoms with E-state index < -0.39 is 0 Å². The molecule has 0 saturated carbocycles. The van der Waals surface area contributed by atoms with Crippen LogP contribution in [0.5, 0.6) is 0 Å². The third-order valence-corrected chi connectivity index (χ3v) is 2.70. The first-order valence-corrected chi connectivity index (χ1v) is 5.79. The summed E-state index contributed by atoms with van der Waals surface area (Å²) in [6, 6.07) is 11.7. The summed E-state index contributed by atoms with van der Waals surface area (Å²) < 4.78 is 0. The summed E-state index contributed by atoms with van der Waals surface area (Å²) in [5, 5.41) is 0.735. The third kappa shape index (κ3) is 3.40. The molecule has 0 spiro atoms. The van der Waals surface area contributed by atoms with Gasteiger partial charge in [0.25, 0.3) is 0 Å². The number of nitrogens with zero attached hydrogens (tertiary/aromatic N) is 2. The fourth-order valence-corrected chi connectivity index (χ4v) is 1.70. The van der Waals surface area contributed by atoms with Gasteiger partial charge < -0.3 is 0 Å². The Bertz CT molecular complexity index is 521. The van der Waals surface area contributed by atoms with Crippen LogP contribution in [-0.2, 0) is 6.54 Å². The van der Waals surface area contributed by atoms with E-state index >= 15 is 0 Å². The molecule has 0 saturated heterocycles. The lowest BCUT2D eigenvalue weighted by Crippen LogP contribution is -1.95. The maximum Gasteiger partial charge on any atom is 0.0658 e. The Morgan fingerprint density at radius 2 is 2.18 bits per heavy atom. The normalized spacial score (nSPS) is 11.5. The van der Waals surface area contributed by atoms with Gasteiger partial charge in [-0.2, -0.15) is 0 Å². The molecule has 0 amide bonds. The summed E-state index contributed by atoms with van der Waals surface area (Å²) in [5.74, 6) is 0. The second-order valence-corrected chi connectivity index (χ2v) is 4.21. The number of benzene rings is 1. The van der Waals surface area contributed by atoms with Gasteiger partial charge >= 0.3 is 0 Å². The highest BCUT2D eigenvalue weighted by atomic mass is 35.5. The minimum Gasteiger partial charge on any atom is -0.285 e. The van der Waals surface area contributed by atoms with E-state index in [0.29, 0.717) is 6.54 Å². The highest BCUT2D eigenvalue weighted by Crippen LogP contribution is 2.12. The van der Waals surface area contributed by atoms with Crippen LogP contribution in [0, 0.1) is 0 Å². The maximum atomic E-state index is 5.94. The van der Waals surface area contributed by atoms with Crippen LogP contribution in [0.1, 0.15) is 18.1 Å². The smallest absolute Gasteiger partial charge is 0.0658 e. The van der Waals surface area contributed by atoms with Gasteiger partial charge in [-0.15, -0.1) is 0 Å². The molecular formula is C14H13ClN2. The molecule has 0 bridgehead atoms. The fourth-order valence-electron chi connectivity index (χ4n) is 1.51. The lowest BCUT2D eigenvalue weighted by atomic mass is 10.1. The molecular weight excluding hydrogens is 232 g/mol. The number of pyridine rings is 1. The summed E-state index contributed by atoms with van der Waals surface area (Å²) in [7, 11) is 0. The second kappa shape index (κ2) is 5.60. The number of hydrogen-bond acceptors (Lipinski definition) is 2. The minimum atomic E-state index is 0.645. The molecule has 86 valence electrons. The van der Waals surface area contributed by atoms with Crippen molar-refractivity contribution in [1.29, 1.82) is 0 Å². The molecule has 0 unspecified atom stereocenters. The number of halogens is 1. The quantitative estimate of drug-likeness (QED) is 0.755. The van der Waals surface area contributed by atoms with Crippen molar-refractivity contribution in [1.82, 2.24) is 4.98 Å². The Kier molecular flexibility index (Phi) is 3.89. The first kappa shape index (κ1) is 11.8. The summed E-state index contributed by atoms with van der Waals surface area (Å²) in [4.78, 5) is 8.58. The zero-order valence-electron chi connectivity index (χ0n) is 9.60. The summed E-state index contributed by atoms with van der Waals surface area (Å²) in [5.41, 5.74) is 3.15. The average molecular weight is 245 g/mol. The van der Waals surface area contributed by atoms with Crippen molar-refractivity contribution in [3.8, 4) is 0 Å². The Morgan fingerprint density at radius 3 is 2.88 bits per heavy atom. The molecule has 2 nitrogen and oxygen atoms in total. The van der Waals surface area contributed by atoms with Crippen molar-refractivity contribution >= 4 is 17.3 Å². The van der Waals surface area contributed by atoms with Crippen LogP contribution in [0.3, 0.4) is 0 Å². The van der Waals surface area contributed by atoms with Gasteiger partial charge in [0.15, 0.2) is 0 Å². The molecule has 0 aliphatic heterocycles. The molecule has 1 aromatic carbocycles. The van der Waals surface area contributed by atoms with E-state index in [2.05, 4.69) is 9.98 Å². The first-order valence-electron chi connectivity index (χ1n) is 5.41. The highest BCUT2D eigenvalue weighted by Gasteiger charge is 1.98. The average Bonchev–Trinajstić information content (AvgIpc) is 2.37. The molecule has 0 N–H and O–H groups in total. The number of rotatable bonds is 3. The summed E-state index contributed by atoms with van der Waals surface area (Å²) in [6.45, 7) is 2.63. The van der Waals surface area contributed by atoms with E-state index in [1.807, 2.05) is 49.5 Å². The van der Waals surface area contributed by atoms with Gasteiger partial charge in [-0.25, -0.2) is 0 Å². The molecule has 17 heavy (non-hydrogen) atoms. The zero-order chi connectivity index (χ0) is 12.1. The van der Waals surface area contributed by atoms with Crippen LogP contribution >= 0.6 is 11.6 Å². The minimum absolute atomic E-state index is 0.645. The van der Waals surface area contributed by atoms with Gasteiger partial charge in [0, 0.05) is 23.1 Å². The molecule has 3 heteroatoms. The molecule has 0 radical (unpaired) electrons. The monoisotopic (exact) mass is 244 g/mol. The number of hydrogen-bond donors (Lipinski definition) is 0. The van der Waals surface area contributed by atoms with Crippen molar-refractivity contribution < 1.29 is 0 Å². The lowest BCUT2D eigenvalue weighted by molar-refractivity contribution is 1.04. The molecule has 0 atom stereocenters. The standard InChI is InChI=1S/C14H13ClN2/c1-11(13-5-2-6-14(15)8-13)17-10-12-4-3-7-16-9-12/h2-9H,10H2,1H3/b17-11-. The molecule has 1 aromatic heterocycles.